The summed E-state index contributed by atoms with van der Waals surface area (Å²) in [6, 6.07) is 8.03. The summed E-state index contributed by atoms with van der Waals surface area (Å²) in [5.74, 6) is -0.174. The molecule has 0 aliphatic rings. The average Bonchev–Trinajstić information content (AvgIpc) is 2.62. The normalized spacial score (nSPS) is 9.84. The van der Waals surface area contributed by atoms with Crippen LogP contribution in [0.3, 0.4) is 0 Å². The highest BCUT2D eigenvalue weighted by molar-refractivity contribution is 9.10. The number of pyridine rings is 1. The van der Waals surface area contributed by atoms with Crippen LogP contribution in [-0.2, 0) is 0 Å². The molecular weight excluding hydrogens is 408 g/mol. The summed E-state index contributed by atoms with van der Waals surface area (Å²) in [5, 5.41) is 2.44. The zero-order valence-electron chi connectivity index (χ0n) is 13.2. The third-order valence-corrected chi connectivity index (χ3v) is 3.78. The maximum absolute atomic E-state index is 12.2. The number of aromatic nitrogens is 1. The highest BCUT2D eigenvalue weighted by Crippen LogP contribution is 2.25. The van der Waals surface area contributed by atoms with Gasteiger partial charge >= 0.3 is 0 Å². The van der Waals surface area contributed by atoms with Crippen LogP contribution >= 0.6 is 28.1 Å². The lowest BCUT2D eigenvalue weighted by atomic mass is 10.2. The number of amides is 2. The smallest absolute Gasteiger partial charge is 0.269 e. The molecule has 2 aromatic rings. The van der Waals surface area contributed by atoms with Gasteiger partial charge in [0.15, 0.2) is 5.11 Å². The second-order valence-electron chi connectivity index (χ2n) is 4.68. The molecule has 0 saturated heterocycles. The largest absolute Gasteiger partial charge is 0.493 e. The molecule has 1 aromatic heterocycles. The van der Waals surface area contributed by atoms with Crippen LogP contribution in [0.2, 0.25) is 0 Å². The number of carbonyl (C=O) groups excluding carboxylic acids is 2. The molecule has 0 fully saturated rings. The quantitative estimate of drug-likeness (QED) is 0.516. The molecule has 130 valence electrons. The lowest BCUT2D eigenvalue weighted by Gasteiger charge is -2.11. The number of benzene rings is 1. The number of nitrogens with zero attached hydrogens (tertiary/aromatic N) is 1. The van der Waals surface area contributed by atoms with E-state index in [1.165, 1.54) is 12.4 Å². The van der Waals surface area contributed by atoms with Crippen LogP contribution in [0.15, 0.2) is 47.2 Å². The van der Waals surface area contributed by atoms with Crippen molar-refractivity contribution in [2.24, 2.45) is 0 Å². The lowest BCUT2D eigenvalue weighted by molar-refractivity contribution is 0.0934. The highest BCUT2D eigenvalue weighted by Gasteiger charge is 2.11. The summed E-state index contributed by atoms with van der Waals surface area (Å²) in [4.78, 5) is 27.8. The second-order valence-corrected chi connectivity index (χ2v) is 5.94. The molecule has 0 saturated carbocycles. The molecule has 3 N–H and O–H groups in total. The number of halogens is 1. The molecule has 0 radical (unpaired) electrons. The van der Waals surface area contributed by atoms with Gasteiger partial charge in [-0.15, -0.1) is 0 Å². The van der Waals surface area contributed by atoms with Crippen LogP contribution in [0.1, 0.15) is 27.6 Å². The van der Waals surface area contributed by atoms with Gasteiger partial charge in [-0.05, 0) is 65.4 Å². The van der Waals surface area contributed by atoms with Gasteiger partial charge in [0.25, 0.3) is 11.8 Å². The maximum atomic E-state index is 12.2. The first-order valence-corrected chi connectivity index (χ1v) is 8.45. The van der Waals surface area contributed by atoms with Crippen LogP contribution in [0.5, 0.6) is 5.75 Å². The van der Waals surface area contributed by atoms with E-state index in [0.29, 0.717) is 28.0 Å². The van der Waals surface area contributed by atoms with E-state index in [-0.39, 0.29) is 5.11 Å². The van der Waals surface area contributed by atoms with Crippen LogP contribution in [0.25, 0.3) is 0 Å². The van der Waals surface area contributed by atoms with E-state index in [9.17, 15) is 9.59 Å². The molecule has 0 aliphatic heterocycles. The third-order valence-electron chi connectivity index (χ3n) is 2.95. The number of carbonyl (C=O) groups is 2. The number of hydrazine groups is 1. The lowest BCUT2D eigenvalue weighted by Crippen LogP contribution is -2.48. The first kappa shape index (κ1) is 18.8. The molecule has 7 nitrogen and oxygen atoms in total. The minimum absolute atomic E-state index is 0.0302. The predicted molar refractivity (Wildman–Crippen MR) is 100 cm³/mol. The first-order chi connectivity index (χ1) is 12.0. The van der Waals surface area contributed by atoms with E-state index in [0.717, 1.165) is 0 Å². The molecule has 2 rings (SSSR count). The Labute approximate surface area is 158 Å². The molecule has 2 amide bonds. The molecule has 1 heterocycles. The summed E-state index contributed by atoms with van der Waals surface area (Å²) < 4.78 is 6.05. The maximum Gasteiger partial charge on any atom is 0.269 e. The van der Waals surface area contributed by atoms with Gasteiger partial charge in [-0.2, -0.15) is 0 Å². The molecule has 1 aromatic carbocycles. The van der Waals surface area contributed by atoms with Crippen LogP contribution in [0.4, 0.5) is 0 Å². The second kappa shape index (κ2) is 9.09. The van der Waals surface area contributed by atoms with Crippen molar-refractivity contribution in [2.45, 2.75) is 6.92 Å². The number of nitrogens with one attached hydrogen (secondary N) is 3. The van der Waals surface area contributed by atoms with Gasteiger partial charge in [-0.3, -0.25) is 30.7 Å². The molecule has 0 spiro atoms. The van der Waals surface area contributed by atoms with Crippen molar-refractivity contribution in [3.63, 3.8) is 0 Å². The summed E-state index contributed by atoms with van der Waals surface area (Å²) in [7, 11) is 0. The number of ether oxygens (including phenoxy) is 1. The van der Waals surface area contributed by atoms with Gasteiger partial charge in [-0.1, -0.05) is 0 Å². The summed E-state index contributed by atoms with van der Waals surface area (Å²) in [6.07, 6.45) is 3.00. The van der Waals surface area contributed by atoms with Crippen molar-refractivity contribution in [3.8, 4) is 5.75 Å². The Kier molecular flexibility index (Phi) is 6.84. The van der Waals surface area contributed by atoms with Gasteiger partial charge < -0.3 is 4.74 Å². The molecule has 0 aliphatic carbocycles. The summed E-state index contributed by atoms with van der Waals surface area (Å²) in [6.45, 7) is 2.40. The first-order valence-electron chi connectivity index (χ1n) is 7.25. The zero-order valence-corrected chi connectivity index (χ0v) is 15.6. The Morgan fingerprint density at radius 1 is 1.12 bits per heavy atom. The summed E-state index contributed by atoms with van der Waals surface area (Å²) >= 11 is 8.34. The van der Waals surface area contributed by atoms with E-state index in [4.69, 9.17) is 17.0 Å². The number of rotatable bonds is 4. The molecule has 9 heteroatoms. The van der Waals surface area contributed by atoms with Crippen molar-refractivity contribution in [1.29, 1.82) is 0 Å². The van der Waals surface area contributed by atoms with Crippen molar-refractivity contribution >= 4 is 45.1 Å². The van der Waals surface area contributed by atoms with Crippen LogP contribution < -0.4 is 20.9 Å². The Balaban J connectivity index is 1.89. The fourth-order valence-corrected chi connectivity index (χ4v) is 2.45. The predicted octanol–water partition coefficient (Wildman–Crippen LogP) is 2.19. The number of hydrogen-bond donors (Lipinski definition) is 3. The van der Waals surface area contributed by atoms with Gasteiger partial charge in [0.05, 0.1) is 11.1 Å². The minimum atomic E-state index is -0.417. The van der Waals surface area contributed by atoms with Crippen molar-refractivity contribution in [3.05, 3.63) is 58.3 Å². The molecule has 0 bridgehead atoms. The summed E-state index contributed by atoms with van der Waals surface area (Å²) in [5.41, 5.74) is 5.66. The van der Waals surface area contributed by atoms with E-state index in [1.54, 1.807) is 30.3 Å². The van der Waals surface area contributed by atoms with E-state index in [2.05, 4.69) is 37.1 Å². The monoisotopic (exact) mass is 422 g/mol. The van der Waals surface area contributed by atoms with Gasteiger partial charge in [0.1, 0.15) is 5.75 Å². The van der Waals surface area contributed by atoms with Gasteiger partial charge in [0, 0.05) is 23.5 Å². The standard InChI is InChI=1S/C16H15BrN4O3S/c1-2-24-13-4-3-11(9-12(13)17)14(22)19-16(25)21-20-15(23)10-5-7-18-8-6-10/h3-9H,2H2,1H3,(H,20,23)(H2,19,21,22,25). The molecule has 0 atom stereocenters. The van der Waals surface area contributed by atoms with E-state index < -0.39 is 11.8 Å². The number of hydrogen-bond acceptors (Lipinski definition) is 5. The van der Waals surface area contributed by atoms with E-state index >= 15 is 0 Å². The molecular formula is C16H15BrN4O3S. The topological polar surface area (TPSA) is 92.4 Å². The molecule has 25 heavy (non-hydrogen) atoms. The minimum Gasteiger partial charge on any atom is -0.493 e. The van der Waals surface area contributed by atoms with Gasteiger partial charge in [0.2, 0.25) is 0 Å². The Morgan fingerprint density at radius 3 is 2.48 bits per heavy atom. The van der Waals surface area contributed by atoms with Crippen molar-refractivity contribution < 1.29 is 14.3 Å². The fourth-order valence-electron chi connectivity index (χ4n) is 1.81. The average molecular weight is 423 g/mol. The van der Waals surface area contributed by atoms with Crippen molar-refractivity contribution in [2.75, 3.05) is 6.61 Å². The third kappa shape index (κ3) is 5.50. The Hall–Kier alpha value is -2.52. The Bertz CT molecular complexity index is 786. The zero-order chi connectivity index (χ0) is 18.2. The molecule has 0 unspecified atom stereocenters. The van der Waals surface area contributed by atoms with Crippen LogP contribution in [-0.4, -0.2) is 28.5 Å². The highest BCUT2D eigenvalue weighted by atomic mass is 79.9. The van der Waals surface area contributed by atoms with Gasteiger partial charge in [-0.25, -0.2) is 0 Å². The van der Waals surface area contributed by atoms with Crippen molar-refractivity contribution in [1.82, 2.24) is 21.2 Å². The SMILES string of the molecule is CCOc1ccc(C(=O)NC(=S)NNC(=O)c2ccncc2)cc1Br. The fraction of sp³-hybridized carbons (Fsp3) is 0.125. The number of thiocarbonyl (C=S) groups is 1. The van der Waals surface area contributed by atoms with Crippen LogP contribution in [0, 0.1) is 0 Å². The van der Waals surface area contributed by atoms with E-state index in [1.807, 2.05) is 6.92 Å². The Morgan fingerprint density at radius 2 is 1.84 bits per heavy atom.